The minimum atomic E-state index is 0.204. The lowest BCUT2D eigenvalue weighted by atomic mass is 9.76. The number of likely N-dealkylation sites (tertiary alicyclic amines) is 1. The zero-order valence-corrected chi connectivity index (χ0v) is 14.1. The van der Waals surface area contributed by atoms with Gasteiger partial charge < -0.3 is 9.80 Å². The van der Waals surface area contributed by atoms with E-state index in [1.165, 1.54) is 19.3 Å². The van der Waals surface area contributed by atoms with Crippen molar-refractivity contribution >= 4 is 17.4 Å². The van der Waals surface area contributed by atoms with Gasteiger partial charge in [-0.1, -0.05) is 18.5 Å². The summed E-state index contributed by atoms with van der Waals surface area (Å²) in [4.78, 5) is 5.00. The third kappa shape index (κ3) is 2.76. The molecule has 2 heterocycles. The molecule has 3 rings (SSSR count). The molecular weight excluding hydrogens is 284 g/mol. The third-order valence-electron chi connectivity index (χ3n) is 5.62. The molecule has 1 saturated carbocycles. The molecule has 0 aromatic carbocycles. The van der Waals surface area contributed by atoms with Gasteiger partial charge in [-0.25, -0.2) is 0 Å². The second kappa shape index (κ2) is 5.40. The zero-order valence-electron chi connectivity index (χ0n) is 13.4. The van der Waals surface area contributed by atoms with E-state index < -0.39 is 0 Å². The van der Waals surface area contributed by atoms with E-state index in [1.54, 1.807) is 0 Å². The molecule has 1 saturated heterocycles. The van der Waals surface area contributed by atoms with Crippen LogP contribution in [0.4, 0.5) is 5.82 Å². The van der Waals surface area contributed by atoms with Crippen molar-refractivity contribution in [3.63, 3.8) is 0 Å². The molecular formula is C16H25ClN4. The van der Waals surface area contributed by atoms with Gasteiger partial charge in [-0.3, -0.25) is 0 Å². The van der Waals surface area contributed by atoms with E-state index in [0.29, 0.717) is 23.2 Å². The van der Waals surface area contributed by atoms with E-state index in [1.807, 2.05) is 12.1 Å². The number of anilines is 1. The maximum Gasteiger partial charge on any atom is 0.151 e. The van der Waals surface area contributed by atoms with Gasteiger partial charge in [-0.05, 0) is 58.2 Å². The van der Waals surface area contributed by atoms with E-state index in [2.05, 4.69) is 47.8 Å². The summed E-state index contributed by atoms with van der Waals surface area (Å²) in [6, 6.07) is 5.03. The van der Waals surface area contributed by atoms with Crippen LogP contribution in [0.3, 0.4) is 0 Å². The van der Waals surface area contributed by atoms with Gasteiger partial charge in [-0.2, -0.15) is 0 Å². The first-order chi connectivity index (χ1) is 9.91. The predicted octanol–water partition coefficient (Wildman–Crippen LogP) is 3.22. The van der Waals surface area contributed by atoms with E-state index in [-0.39, 0.29) is 5.54 Å². The van der Waals surface area contributed by atoms with Crippen molar-refractivity contribution in [1.82, 2.24) is 15.1 Å². The monoisotopic (exact) mass is 308 g/mol. The van der Waals surface area contributed by atoms with Crippen molar-refractivity contribution in [1.29, 1.82) is 0 Å². The molecule has 2 atom stereocenters. The Hall–Kier alpha value is -0.870. The molecule has 2 fully saturated rings. The van der Waals surface area contributed by atoms with Crippen molar-refractivity contribution in [2.24, 2.45) is 5.92 Å². The second-order valence-corrected chi connectivity index (χ2v) is 7.46. The molecule has 21 heavy (non-hydrogen) atoms. The zero-order chi connectivity index (χ0) is 15.2. The molecule has 0 amide bonds. The lowest BCUT2D eigenvalue weighted by Crippen LogP contribution is -2.60. The quantitative estimate of drug-likeness (QED) is 0.858. The number of halogens is 1. The van der Waals surface area contributed by atoms with Crippen molar-refractivity contribution in [3.8, 4) is 0 Å². The second-order valence-electron chi connectivity index (χ2n) is 7.07. The maximum absolute atomic E-state index is 5.89. The van der Waals surface area contributed by atoms with Gasteiger partial charge in [0.1, 0.15) is 0 Å². The fraction of sp³-hybridized carbons (Fsp3) is 0.750. The number of nitrogens with zero attached hydrogens (tertiary/aromatic N) is 4. The normalized spacial score (nSPS) is 29.4. The van der Waals surface area contributed by atoms with Gasteiger partial charge in [0.2, 0.25) is 0 Å². The topological polar surface area (TPSA) is 32.3 Å². The molecule has 4 nitrogen and oxygen atoms in total. The number of hydrogen-bond acceptors (Lipinski definition) is 4. The SMILES string of the molecule is CC1C(N(c2ccc(Cl)nn2)C2CC2)CCN(C)C1(C)C. The van der Waals surface area contributed by atoms with Crippen LogP contribution in [0, 0.1) is 5.92 Å². The summed E-state index contributed by atoms with van der Waals surface area (Å²) in [5.74, 6) is 1.56. The van der Waals surface area contributed by atoms with E-state index >= 15 is 0 Å². The van der Waals surface area contributed by atoms with E-state index in [9.17, 15) is 0 Å². The Labute approximate surface area is 132 Å². The summed E-state index contributed by atoms with van der Waals surface area (Å²) in [5.41, 5.74) is 0.204. The minimum absolute atomic E-state index is 0.204. The van der Waals surface area contributed by atoms with Crippen LogP contribution in [0.5, 0.6) is 0 Å². The Morgan fingerprint density at radius 3 is 2.52 bits per heavy atom. The Kier molecular flexibility index (Phi) is 3.87. The Morgan fingerprint density at radius 2 is 1.95 bits per heavy atom. The Balaban J connectivity index is 1.89. The average molecular weight is 309 g/mol. The molecule has 0 spiro atoms. The highest BCUT2D eigenvalue weighted by atomic mass is 35.5. The fourth-order valence-electron chi connectivity index (χ4n) is 3.49. The highest BCUT2D eigenvalue weighted by Crippen LogP contribution is 2.41. The summed E-state index contributed by atoms with van der Waals surface area (Å²) < 4.78 is 0. The van der Waals surface area contributed by atoms with Gasteiger partial charge in [0.25, 0.3) is 0 Å². The van der Waals surface area contributed by atoms with Crippen LogP contribution in [0.15, 0.2) is 12.1 Å². The van der Waals surface area contributed by atoms with E-state index in [0.717, 1.165) is 12.4 Å². The van der Waals surface area contributed by atoms with Crippen molar-refractivity contribution < 1.29 is 0 Å². The molecule has 2 aliphatic rings. The third-order valence-corrected chi connectivity index (χ3v) is 5.82. The van der Waals surface area contributed by atoms with Crippen molar-refractivity contribution in [2.45, 2.75) is 57.7 Å². The first-order valence-corrected chi connectivity index (χ1v) is 8.28. The van der Waals surface area contributed by atoms with Crippen molar-refractivity contribution in [3.05, 3.63) is 17.3 Å². The highest BCUT2D eigenvalue weighted by Gasteiger charge is 2.45. The molecule has 2 unspecified atom stereocenters. The fourth-order valence-corrected chi connectivity index (χ4v) is 3.59. The smallest absolute Gasteiger partial charge is 0.151 e. The molecule has 1 aromatic heterocycles. The van der Waals surface area contributed by atoms with Crippen LogP contribution in [0.2, 0.25) is 5.15 Å². The van der Waals surface area contributed by atoms with Gasteiger partial charge in [-0.15, -0.1) is 10.2 Å². The number of aromatic nitrogens is 2. The molecule has 5 heteroatoms. The van der Waals surface area contributed by atoms with Gasteiger partial charge in [0, 0.05) is 24.2 Å². The first kappa shape index (κ1) is 15.0. The summed E-state index contributed by atoms with van der Waals surface area (Å²) in [7, 11) is 2.23. The summed E-state index contributed by atoms with van der Waals surface area (Å²) in [6.45, 7) is 8.20. The first-order valence-electron chi connectivity index (χ1n) is 7.90. The maximum atomic E-state index is 5.89. The van der Waals surface area contributed by atoms with Crippen molar-refractivity contribution in [2.75, 3.05) is 18.5 Å². The molecule has 0 radical (unpaired) electrons. The molecule has 0 N–H and O–H groups in total. The number of hydrogen-bond donors (Lipinski definition) is 0. The van der Waals surface area contributed by atoms with Crippen LogP contribution < -0.4 is 4.90 Å². The van der Waals surface area contributed by atoms with Gasteiger partial charge >= 0.3 is 0 Å². The number of piperidine rings is 1. The Bertz CT molecular complexity index is 498. The molecule has 1 aliphatic carbocycles. The molecule has 0 bridgehead atoms. The van der Waals surface area contributed by atoms with Crippen LogP contribution >= 0.6 is 11.6 Å². The highest BCUT2D eigenvalue weighted by molar-refractivity contribution is 6.29. The predicted molar refractivity (Wildman–Crippen MR) is 86.8 cm³/mol. The Morgan fingerprint density at radius 1 is 1.24 bits per heavy atom. The number of rotatable bonds is 3. The largest absolute Gasteiger partial charge is 0.349 e. The summed E-state index contributed by atoms with van der Waals surface area (Å²) in [6.07, 6.45) is 3.72. The van der Waals surface area contributed by atoms with Gasteiger partial charge in [0.15, 0.2) is 11.0 Å². The summed E-state index contributed by atoms with van der Waals surface area (Å²) in [5, 5.41) is 8.86. The van der Waals surface area contributed by atoms with Crippen LogP contribution in [0.1, 0.15) is 40.0 Å². The van der Waals surface area contributed by atoms with Crippen LogP contribution in [-0.2, 0) is 0 Å². The van der Waals surface area contributed by atoms with Crippen LogP contribution in [-0.4, -0.2) is 46.3 Å². The lowest BCUT2D eigenvalue weighted by Gasteiger charge is -2.52. The van der Waals surface area contributed by atoms with Crippen LogP contribution in [0.25, 0.3) is 0 Å². The molecule has 1 aliphatic heterocycles. The van der Waals surface area contributed by atoms with E-state index in [4.69, 9.17) is 11.6 Å². The molecule has 116 valence electrons. The minimum Gasteiger partial charge on any atom is -0.349 e. The summed E-state index contributed by atoms with van der Waals surface area (Å²) >= 11 is 5.89. The van der Waals surface area contributed by atoms with Gasteiger partial charge in [0.05, 0.1) is 0 Å². The standard InChI is InChI=1S/C16H25ClN4/c1-11-13(9-10-20(4)16(11,2)3)21(12-5-6-12)15-8-7-14(17)18-19-15/h7-8,11-13H,5-6,9-10H2,1-4H3. The average Bonchev–Trinajstić information content (AvgIpc) is 3.26. The lowest BCUT2D eigenvalue weighted by molar-refractivity contribution is 0.0374. The molecule has 1 aromatic rings.